The van der Waals surface area contributed by atoms with Gasteiger partial charge in [0.25, 0.3) is 5.91 Å². The van der Waals surface area contributed by atoms with Crippen LogP contribution in [0.4, 0.5) is 0 Å². The molecular formula is C21H31N3O3. The first-order valence-corrected chi connectivity index (χ1v) is 10.2. The lowest BCUT2D eigenvalue weighted by molar-refractivity contribution is -0.136. The molecule has 2 aliphatic rings. The van der Waals surface area contributed by atoms with Gasteiger partial charge < -0.3 is 14.8 Å². The fraction of sp³-hybridized carbons (Fsp3) is 0.667. The molecule has 1 N–H and O–H groups in total. The van der Waals surface area contributed by atoms with Crippen LogP contribution < -0.4 is 0 Å². The number of H-pyrrole nitrogens is 1. The molecule has 0 radical (unpaired) electrons. The number of piperidine rings is 1. The molecule has 2 aliphatic heterocycles. The van der Waals surface area contributed by atoms with E-state index in [0.29, 0.717) is 24.3 Å². The van der Waals surface area contributed by atoms with E-state index in [0.717, 1.165) is 50.0 Å². The number of carbonyl (C=O) groups excluding carboxylic acids is 3. The summed E-state index contributed by atoms with van der Waals surface area (Å²) in [6.07, 6.45) is 6.08. The number of aryl methyl sites for hydroxylation is 1. The van der Waals surface area contributed by atoms with Crippen LogP contribution >= 0.6 is 0 Å². The van der Waals surface area contributed by atoms with E-state index in [-0.39, 0.29) is 23.5 Å². The Morgan fingerprint density at radius 2 is 1.48 bits per heavy atom. The van der Waals surface area contributed by atoms with Crippen molar-refractivity contribution < 1.29 is 14.4 Å². The zero-order chi connectivity index (χ0) is 19.6. The highest BCUT2D eigenvalue weighted by Gasteiger charge is 2.32. The van der Waals surface area contributed by atoms with Crippen LogP contribution in [0.1, 0.15) is 77.6 Å². The van der Waals surface area contributed by atoms with Crippen molar-refractivity contribution in [3.8, 4) is 0 Å². The van der Waals surface area contributed by atoms with Gasteiger partial charge in [-0.25, -0.2) is 0 Å². The number of Topliss-reactive ketones (excluding diaryl/α,β-unsaturated/α-hetero) is 1. The van der Waals surface area contributed by atoms with Gasteiger partial charge in [-0.3, -0.25) is 14.4 Å². The van der Waals surface area contributed by atoms with Crippen molar-refractivity contribution in [1.82, 2.24) is 14.8 Å². The average molecular weight is 373 g/mol. The molecule has 1 aromatic rings. The quantitative estimate of drug-likeness (QED) is 0.828. The van der Waals surface area contributed by atoms with E-state index in [9.17, 15) is 14.4 Å². The highest BCUT2D eigenvalue weighted by atomic mass is 16.2. The Bertz CT molecular complexity index is 721. The fourth-order valence-electron chi connectivity index (χ4n) is 4.53. The highest BCUT2D eigenvalue weighted by Crippen LogP contribution is 2.25. The van der Waals surface area contributed by atoms with E-state index < -0.39 is 0 Å². The lowest BCUT2D eigenvalue weighted by Gasteiger charge is -2.34. The maximum absolute atomic E-state index is 12.9. The number of ketones is 1. The van der Waals surface area contributed by atoms with Gasteiger partial charge >= 0.3 is 0 Å². The minimum absolute atomic E-state index is 0.0259. The number of aromatic amines is 1. The number of carbonyl (C=O) groups is 3. The summed E-state index contributed by atoms with van der Waals surface area (Å²) in [5.74, 6) is 0.215. The minimum atomic E-state index is -0.0660. The van der Waals surface area contributed by atoms with Crippen LogP contribution in [0, 0.1) is 19.8 Å². The summed E-state index contributed by atoms with van der Waals surface area (Å²) in [6, 6.07) is 0. The Morgan fingerprint density at radius 1 is 0.889 bits per heavy atom. The molecule has 0 unspecified atom stereocenters. The van der Waals surface area contributed by atoms with Crippen LogP contribution in [0.15, 0.2) is 0 Å². The highest BCUT2D eigenvalue weighted by molar-refractivity contribution is 6.02. The van der Waals surface area contributed by atoms with Gasteiger partial charge in [0.05, 0.1) is 0 Å². The Kier molecular flexibility index (Phi) is 6.02. The van der Waals surface area contributed by atoms with E-state index in [2.05, 4.69) is 4.98 Å². The summed E-state index contributed by atoms with van der Waals surface area (Å²) < 4.78 is 0. The molecule has 3 rings (SSSR count). The van der Waals surface area contributed by atoms with Gasteiger partial charge in [-0.1, -0.05) is 12.8 Å². The second kappa shape index (κ2) is 8.28. The van der Waals surface area contributed by atoms with Crippen molar-refractivity contribution in [2.45, 2.75) is 59.3 Å². The van der Waals surface area contributed by atoms with Crippen LogP contribution in [-0.2, 0) is 4.79 Å². The lowest BCUT2D eigenvalue weighted by Crippen LogP contribution is -2.44. The summed E-state index contributed by atoms with van der Waals surface area (Å²) >= 11 is 0. The van der Waals surface area contributed by atoms with Crippen LogP contribution in [-0.4, -0.2) is 58.6 Å². The normalized spacial score (nSPS) is 19.1. The van der Waals surface area contributed by atoms with E-state index in [1.54, 1.807) is 0 Å². The average Bonchev–Trinajstić information content (AvgIpc) is 2.82. The molecule has 2 fully saturated rings. The van der Waals surface area contributed by atoms with Gasteiger partial charge in [-0.15, -0.1) is 0 Å². The molecule has 2 amide bonds. The van der Waals surface area contributed by atoms with Crippen LogP contribution in [0.2, 0.25) is 0 Å². The van der Waals surface area contributed by atoms with Crippen LogP contribution in [0.5, 0.6) is 0 Å². The summed E-state index contributed by atoms with van der Waals surface area (Å²) in [5.41, 5.74) is 2.60. The van der Waals surface area contributed by atoms with E-state index in [1.807, 2.05) is 23.6 Å². The smallest absolute Gasteiger partial charge is 0.270 e. The second-order valence-electron chi connectivity index (χ2n) is 7.99. The van der Waals surface area contributed by atoms with Gasteiger partial charge in [-0.05, 0) is 52.0 Å². The SMILES string of the molecule is CC(=O)c1c(C)[nH]c(C(=O)N2CCC(C(=O)N3CCCCCC3)CC2)c1C. The minimum Gasteiger partial charge on any atom is -0.354 e. The molecule has 6 heteroatoms. The third-order valence-corrected chi connectivity index (χ3v) is 6.05. The predicted octanol–water partition coefficient (Wildman–Crippen LogP) is 3.09. The zero-order valence-electron chi connectivity index (χ0n) is 16.8. The molecule has 6 nitrogen and oxygen atoms in total. The first-order valence-electron chi connectivity index (χ1n) is 10.2. The molecule has 0 aromatic carbocycles. The van der Waals surface area contributed by atoms with Gasteiger partial charge in [0, 0.05) is 43.4 Å². The van der Waals surface area contributed by atoms with Gasteiger partial charge in [-0.2, -0.15) is 0 Å². The molecule has 0 saturated carbocycles. The van der Waals surface area contributed by atoms with Crippen molar-refractivity contribution in [2.75, 3.05) is 26.2 Å². The molecule has 148 valence electrons. The number of rotatable bonds is 3. The van der Waals surface area contributed by atoms with Crippen molar-refractivity contribution in [3.05, 3.63) is 22.5 Å². The Labute approximate surface area is 161 Å². The molecule has 0 aliphatic carbocycles. The molecule has 3 heterocycles. The van der Waals surface area contributed by atoms with E-state index in [1.165, 1.54) is 19.8 Å². The summed E-state index contributed by atoms with van der Waals surface area (Å²) in [7, 11) is 0. The molecular weight excluding hydrogens is 342 g/mol. The third-order valence-electron chi connectivity index (χ3n) is 6.05. The molecule has 0 atom stereocenters. The molecule has 0 bridgehead atoms. The van der Waals surface area contributed by atoms with Gasteiger partial charge in [0.1, 0.15) is 5.69 Å². The van der Waals surface area contributed by atoms with E-state index in [4.69, 9.17) is 0 Å². The largest absolute Gasteiger partial charge is 0.354 e. The maximum atomic E-state index is 12.9. The molecule has 2 saturated heterocycles. The number of hydrogen-bond acceptors (Lipinski definition) is 3. The molecule has 27 heavy (non-hydrogen) atoms. The first kappa shape index (κ1) is 19.6. The Hall–Kier alpha value is -2.11. The summed E-state index contributed by atoms with van der Waals surface area (Å²) in [4.78, 5) is 44.5. The lowest BCUT2D eigenvalue weighted by atomic mass is 9.94. The van der Waals surface area contributed by atoms with Crippen LogP contribution in [0.3, 0.4) is 0 Å². The third kappa shape index (κ3) is 4.09. The zero-order valence-corrected chi connectivity index (χ0v) is 16.8. The van der Waals surface area contributed by atoms with Gasteiger partial charge in [0.15, 0.2) is 5.78 Å². The monoisotopic (exact) mass is 373 g/mol. The Balaban J connectivity index is 1.62. The van der Waals surface area contributed by atoms with Crippen molar-refractivity contribution in [3.63, 3.8) is 0 Å². The number of likely N-dealkylation sites (tertiary alicyclic amines) is 2. The standard InChI is InChI=1S/C21H31N3O3/c1-14-18(16(3)25)15(2)22-19(14)21(27)24-12-8-17(9-13-24)20(26)23-10-6-4-5-7-11-23/h17,22H,4-13H2,1-3H3. The van der Waals surface area contributed by atoms with Crippen molar-refractivity contribution >= 4 is 17.6 Å². The second-order valence-corrected chi connectivity index (χ2v) is 7.99. The maximum Gasteiger partial charge on any atom is 0.270 e. The number of amides is 2. The number of aromatic nitrogens is 1. The van der Waals surface area contributed by atoms with Crippen molar-refractivity contribution in [2.24, 2.45) is 5.92 Å². The summed E-state index contributed by atoms with van der Waals surface area (Å²) in [5, 5.41) is 0. The van der Waals surface area contributed by atoms with Crippen molar-refractivity contribution in [1.29, 1.82) is 0 Å². The van der Waals surface area contributed by atoms with Crippen LogP contribution in [0.25, 0.3) is 0 Å². The topological polar surface area (TPSA) is 73.5 Å². The Morgan fingerprint density at radius 3 is 2.00 bits per heavy atom. The predicted molar refractivity (Wildman–Crippen MR) is 104 cm³/mol. The number of hydrogen-bond donors (Lipinski definition) is 1. The molecule has 1 aromatic heterocycles. The summed E-state index contributed by atoms with van der Waals surface area (Å²) in [6.45, 7) is 8.12. The fourth-order valence-corrected chi connectivity index (χ4v) is 4.53. The van der Waals surface area contributed by atoms with E-state index >= 15 is 0 Å². The first-order chi connectivity index (χ1) is 12.9. The van der Waals surface area contributed by atoms with Gasteiger partial charge in [0.2, 0.25) is 5.91 Å². The molecule has 0 spiro atoms. The number of nitrogens with zero attached hydrogens (tertiary/aromatic N) is 2. The number of nitrogens with one attached hydrogen (secondary N) is 1.